The molecule has 1 aliphatic rings. The maximum Gasteiger partial charge on any atom is 0.218 e. The lowest BCUT2D eigenvalue weighted by Gasteiger charge is -2.40. The first-order valence-electron chi connectivity index (χ1n) is 3.92. The quantitative estimate of drug-likeness (QED) is 0.237. The minimum Gasteiger partial charge on any atom is -0.391 e. The predicted molar refractivity (Wildman–Crippen MR) is 42.9 cm³/mol. The zero-order chi connectivity index (χ0) is 10.8. The zero-order valence-electron chi connectivity index (χ0n) is 7.19. The molecule has 4 atom stereocenters. The van der Waals surface area contributed by atoms with Gasteiger partial charge >= 0.3 is 0 Å². The third-order valence-electron chi connectivity index (χ3n) is 2.11. The largest absolute Gasteiger partial charge is 0.391 e. The monoisotopic (exact) mass is 205 g/mol. The minimum atomic E-state index is -2.19. The summed E-state index contributed by atoms with van der Waals surface area (Å²) in [6, 6.07) is -0.971. The molecule has 0 aromatic carbocycles. The summed E-state index contributed by atoms with van der Waals surface area (Å²) >= 11 is 0. The molecule has 0 unspecified atom stereocenters. The Bertz CT molecular complexity index is 256. The zero-order valence-corrected chi connectivity index (χ0v) is 7.19. The molecular formula is C6H11N3O5. The molecule has 0 aromatic heterocycles. The summed E-state index contributed by atoms with van der Waals surface area (Å²) in [5.74, 6) is -2.19. The van der Waals surface area contributed by atoms with Gasteiger partial charge in [-0.05, 0) is 5.53 Å². The average molecular weight is 205 g/mol. The van der Waals surface area contributed by atoms with Gasteiger partial charge in [-0.1, -0.05) is 5.11 Å². The number of aliphatic hydroxyl groups excluding tert-OH is 3. The Balaban J connectivity index is 2.78. The molecule has 80 valence electrons. The van der Waals surface area contributed by atoms with Crippen LogP contribution in [-0.2, 0) is 4.74 Å². The third kappa shape index (κ3) is 1.80. The Kier molecular flexibility index (Phi) is 3.27. The van der Waals surface area contributed by atoms with Crippen LogP contribution in [0.5, 0.6) is 0 Å². The average Bonchev–Trinajstić information content (AvgIpc) is 2.19. The van der Waals surface area contributed by atoms with Crippen molar-refractivity contribution in [2.75, 3.05) is 13.2 Å². The number of aliphatic hydroxyl groups is 4. The van der Waals surface area contributed by atoms with Gasteiger partial charge in [0.2, 0.25) is 5.79 Å². The fourth-order valence-electron chi connectivity index (χ4n) is 1.20. The smallest absolute Gasteiger partial charge is 0.218 e. The highest BCUT2D eigenvalue weighted by Crippen LogP contribution is 2.24. The topological polar surface area (TPSA) is 139 Å². The maximum atomic E-state index is 9.39. The van der Waals surface area contributed by atoms with Crippen LogP contribution in [0.3, 0.4) is 0 Å². The van der Waals surface area contributed by atoms with Gasteiger partial charge in [0.15, 0.2) is 0 Å². The first kappa shape index (κ1) is 11.2. The number of nitrogens with zero attached hydrogens (tertiary/aromatic N) is 3. The molecule has 0 radical (unpaired) electrons. The van der Waals surface area contributed by atoms with Crippen molar-refractivity contribution in [1.82, 2.24) is 0 Å². The van der Waals surface area contributed by atoms with Gasteiger partial charge in [-0.25, -0.2) is 0 Å². The molecule has 14 heavy (non-hydrogen) atoms. The van der Waals surface area contributed by atoms with Gasteiger partial charge in [0.25, 0.3) is 0 Å². The van der Waals surface area contributed by atoms with Crippen LogP contribution >= 0.6 is 0 Å². The van der Waals surface area contributed by atoms with E-state index in [0.717, 1.165) is 0 Å². The van der Waals surface area contributed by atoms with E-state index in [1.165, 1.54) is 0 Å². The molecule has 1 fully saturated rings. The van der Waals surface area contributed by atoms with E-state index in [9.17, 15) is 15.3 Å². The standard InChI is InChI=1S/C6H11N3O5/c7-9-8-3-1-14-6(13,2-10)5(12)4(3)11/h3-5,10-13H,1-2H2/t3-,4-,5+,6-/m1/s1. The number of azide groups is 1. The molecule has 1 heterocycles. The number of hydrogen-bond acceptors (Lipinski definition) is 6. The molecule has 0 aliphatic carbocycles. The van der Waals surface area contributed by atoms with Crippen molar-refractivity contribution < 1.29 is 25.2 Å². The van der Waals surface area contributed by atoms with Gasteiger partial charge in [-0.3, -0.25) is 0 Å². The summed E-state index contributed by atoms with van der Waals surface area (Å²) in [4.78, 5) is 2.45. The molecule has 0 spiro atoms. The third-order valence-corrected chi connectivity index (χ3v) is 2.11. The molecule has 0 amide bonds. The minimum absolute atomic E-state index is 0.265. The van der Waals surface area contributed by atoms with Gasteiger partial charge in [-0.15, -0.1) is 0 Å². The summed E-state index contributed by atoms with van der Waals surface area (Å²) in [7, 11) is 0. The highest BCUT2D eigenvalue weighted by atomic mass is 16.7. The Morgan fingerprint density at radius 1 is 1.57 bits per heavy atom. The first-order valence-corrected chi connectivity index (χ1v) is 3.92. The van der Waals surface area contributed by atoms with Crippen LogP contribution in [0.15, 0.2) is 5.11 Å². The molecule has 1 saturated heterocycles. The number of ether oxygens (including phenoxy) is 1. The molecule has 0 aromatic rings. The maximum absolute atomic E-state index is 9.39. The molecule has 1 rings (SSSR count). The predicted octanol–water partition coefficient (Wildman–Crippen LogP) is -1.90. The Hall–Kier alpha value is -0.890. The van der Waals surface area contributed by atoms with E-state index in [2.05, 4.69) is 10.0 Å². The molecule has 4 N–H and O–H groups in total. The second-order valence-electron chi connectivity index (χ2n) is 3.02. The molecule has 8 heteroatoms. The number of hydrogen-bond donors (Lipinski definition) is 4. The van der Waals surface area contributed by atoms with Gasteiger partial charge < -0.3 is 25.2 Å². The second-order valence-corrected chi connectivity index (χ2v) is 3.02. The van der Waals surface area contributed by atoms with Crippen LogP contribution in [0, 0.1) is 0 Å². The van der Waals surface area contributed by atoms with Crippen LogP contribution in [0.2, 0.25) is 0 Å². The lowest BCUT2D eigenvalue weighted by Crippen LogP contribution is -2.62. The van der Waals surface area contributed by atoms with Crippen molar-refractivity contribution in [3.8, 4) is 0 Å². The molecule has 1 aliphatic heterocycles. The van der Waals surface area contributed by atoms with Crippen molar-refractivity contribution >= 4 is 0 Å². The van der Waals surface area contributed by atoms with Gasteiger partial charge in [0, 0.05) is 4.91 Å². The Morgan fingerprint density at radius 3 is 2.71 bits per heavy atom. The summed E-state index contributed by atoms with van der Waals surface area (Å²) in [5.41, 5.74) is 8.11. The lowest BCUT2D eigenvalue weighted by molar-refractivity contribution is -0.315. The van der Waals surface area contributed by atoms with E-state index in [4.69, 9.17) is 15.4 Å². The summed E-state index contributed by atoms with van der Waals surface area (Å²) in [6.07, 6.45) is -3.17. The van der Waals surface area contributed by atoms with E-state index in [-0.39, 0.29) is 6.61 Å². The molecule has 0 bridgehead atoms. The van der Waals surface area contributed by atoms with Crippen LogP contribution in [0.1, 0.15) is 0 Å². The molecule has 0 saturated carbocycles. The van der Waals surface area contributed by atoms with E-state index in [0.29, 0.717) is 0 Å². The van der Waals surface area contributed by atoms with Crippen LogP contribution < -0.4 is 0 Å². The summed E-state index contributed by atoms with van der Waals surface area (Å²) < 4.78 is 4.69. The van der Waals surface area contributed by atoms with Gasteiger partial charge in [0.05, 0.1) is 25.4 Å². The van der Waals surface area contributed by atoms with Crippen molar-refractivity contribution in [3.63, 3.8) is 0 Å². The summed E-state index contributed by atoms with van der Waals surface area (Å²) in [6.45, 7) is -1.12. The highest BCUT2D eigenvalue weighted by molar-refractivity contribution is 4.94. The van der Waals surface area contributed by atoms with Crippen LogP contribution in [-0.4, -0.2) is 57.7 Å². The van der Waals surface area contributed by atoms with Crippen molar-refractivity contribution in [3.05, 3.63) is 10.4 Å². The fourth-order valence-corrected chi connectivity index (χ4v) is 1.20. The Labute approximate surface area is 79.0 Å². The van der Waals surface area contributed by atoms with Gasteiger partial charge in [0.1, 0.15) is 6.10 Å². The lowest BCUT2D eigenvalue weighted by atomic mass is 9.96. The van der Waals surface area contributed by atoms with Crippen molar-refractivity contribution in [2.24, 2.45) is 5.11 Å². The van der Waals surface area contributed by atoms with Crippen molar-refractivity contribution in [1.29, 1.82) is 0 Å². The van der Waals surface area contributed by atoms with Crippen LogP contribution in [0.4, 0.5) is 0 Å². The Morgan fingerprint density at radius 2 is 2.21 bits per heavy atom. The van der Waals surface area contributed by atoms with Crippen LogP contribution in [0.25, 0.3) is 10.4 Å². The van der Waals surface area contributed by atoms with E-state index < -0.39 is 30.6 Å². The van der Waals surface area contributed by atoms with Crippen molar-refractivity contribution in [2.45, 2.75) is 24.0 Å². The van der Waals surface area contributed by atoms with E-state index in [1.807, 2.05) is 0 Å². The highest BCUT2D eigenvalue weighted by Gasteiger charge is 2.48. The fraction of sp³-hybridized carbons (Fsp3) is 1.00. The van der Waals surface area contributed by atoms with E-state index >= 15 is 0 Å². The second kappa shape index (κ2) is 4.09. The first-order chi connectivity index (χ1) is 6.55. The normalized spacial score (nSPS) is 43.0. The SMILES string of the molecule is [N-]=[N+]=N[C@@H]1CO[C@](O)(CO)[C@@H](O)[C@@H]1O. The van der Waals surface area contributed by atoms with E-state index in [1.54, 1.807) is 0 Å². The molecular weight excluding hydrogens is 194 g/mol. The number of rotatable bonds is 2. The summed E-state index contributed by atoms with van der Waals surface area (Å²) in [5, 5.41) is 40.0. The van der Waals surface area contributed by atoms with Gasteiger partial charge in [-0.2, -0.15) is 0 Å². The molecule has 8 nitrogen and oxygen atoms in total.